The van der Waals surface area contributed by atoms with E-state index in [2.05, 4.69) is 48.9 Å². The van der Waals surface area contributed by atoms with Crippen LogP contribution in [0, 0.1) is 11.3 Å². The van der Waals surface area contributed by atoms with Crippen molar-refractivity contribution in [3.05, 3.63) is 76.3 Å². The molecule has 3 aliphatic rings. The van der Waals surface area contributed by atoms with Gasteiger partial charge in [0.2, 0.25) is 0 Å². The number of carbonyl (C=O) groups is 1. The Hall–Kier alpha value is -3.60. The average Bonchev–Trinajstić information content (AvgIpc) is 3.32. The van der Waals surface area contributed by atoms with Gasteiger partial charge in [0.1, 0.15) is 25.5 Å². The van der Waals surface area contributed by atoms with E-state index < -0.39 is 5.41 Å². The normalized spacial score (nSPS) is 22.9. The molecule has 1 fully saturated rings. The van der Waals surface area contributed by atoms with Crippen LogP contribution < -0.4 is 4.90 Å². The maximum Gasteiger partial charge on any atom is 0.195 e. The zero-order chi connectivity index (χ0) is 25.9. The quantitative estimate of drug-likeness (QED) is 0.489. The number of hydroxylamine groups is 3. The number of aromatic amines is 1. The molecule has 0 bridgehead atoms. The summed E-state index contributed by atoms with van der Waals surface area (Å²) in [4.78, 5) is 19.8. The van der Waals surface area contributed by atoms with E-state index in [9.17, 15) is 15.3 Å². The Balaban J connectivity index is 1.38. The number of ketones is 1. The van der Waals surface area contributed by atoms with Crippen molar-refractivity contribution in [2.75, 3.05) is 31.1 Å². The molecular weight excluding hydrogens is 464 g/mol. The lowest BCUT2D eigenvalue weighted by Gasteiger charge is -2.42. The number of carbonyl (C=O) groups excluding carboxylic acids is 1. The summed E-state index contributed by atoms with van der Waals surface area (Å²) in [6.07, 6.45) is 6.00. The molecular formula is C30H33N4O3+. The summed E-state index contributed by atoms with van der Waals surface area (Å²) in [7, 11) is 0. The van der Waals surface area contributed by atoms with Crippen LogP contribution in [0.25, 0.3) is 10.9 Å². The molecule has 7 heteroatoms. The average molecular weight is 498 g/mol. The van der Waals surface area contributed by atoms with Crippen LogP contribution in [0.15, 0.2) is 42.8 Å². The van der Waals surface area contributed by atoms with Crippen LogP contribution in [0.4, 0.5) is 5.69 Å². The molecule has 0 saturated carbocycles. The van der Waals surface area contributed by atoms with Gasteiger partial charge in [-0.25, -0.2) is 5.21 Å². The highest BCUT2D eigenvalue weighted by atomic mass is 16.6. The van der Waals surface area contributed by atoms with Gasteiger partial charge >= 0.3 is 0 Å². The molecule has 2 N–H and O–H groups in total. The van der Waals surface area contributed by atoms with Crippen LogP contribution >= 0.6 is 0 Å². The molecule has 190 valence electrons. The first-order valence-corrected chi connectivity index (χ1v) is 13.2. The lowest BCUT2D eigenvalue weighted by Crippen LogP contribution is -2.55. The fourth-order valence-electron chi connectivity index (χ4n) is 6.50. The minimum atomic E-state index is -0.400. The number of fused-ring (bicyclic) bond motifs is 4. The molecule has 7 nitrogen and oxygen atoms in total. The molecule has 2 aromatic carbocycles. The summed E-state index contributed by atoms with van der Waals surface area (Å²) in [6.45, 7) is 9.31. The van der Waals surface area contributed by atoms with Crippen molar-refractivity contribution in [3.63, 3.8) is 0 Å². The van der Waals surface area contributed by atoms with Crippen molar-refractivity contribution < 1.29 is 19.4 Å². The fourth-order valence-corrected chi connectivity index (χ4v) is 6.50. The van der Waals surface area contributed by atoms with Crippen molar-refractivity contribution in [2.45, 2.75) is 51.5 Å². The van der Waals surface area contributed by atoms with Crippen LogP contribution in [-0.2, 0) is 16.6 Å². The molecule has 3 heterocycles. The van der Waals surface area contributed by atoms with E-state index in [1.54, 1.807) is 18.5 Å². The third kappa shape index (κ3) is 3.58. The fraction of sp³-hybridized carbons (Fsp3) is 0.400. The molecule has 37 heavy (non-hydrogen) atoms. The van der Waals surface area contributed by atoms with E-state index in [4.69, 9.17) is 4.74 Å². The van der Waals surface area contributed by atoms with Crippen LogP contribution in [0.2, 0.25) is 0 Å². The Bertz CT molecular complexity index is 1490. The van der Waals surface area contributed by atoms with Gasteiger partial charge in [-0.15, -0.1) is 4.65 Å². The first kappa shape index (κ1) is 23.8. The number of H-pyrrole nitrogens is 1. The molecule has 0 amide bonds. The lowest BCUT2D eigenvalue weighted by molar-refractivity contribution is -1.08. The van der Waals surface area contributed by atoms with Crippen LogP contribution in [0.1, 0.15) is 71.9 Å². The van der Waals surface area contributed by atoms with E-state index in [1.807, 2.05) is 12.1 Å². The second-order valence-corrected chi connectivity index (χ2v) is 11.1. The first-order valence-electron chi connectivity index (χ1n) is 13.2. The number of ether oxygens (including phenoxy) is 1. The minimum absolute atomic E-state index is 0.0448. The Morgan fingerprint density at radius 2 is 2.03 bits per heavy atom. The van der Waals surface area contributed by atoms with Gasteiger partial charge in [-0.1, -0.05) is 26.8 Å². The van der Waals surface area contributed by atoms with Crippen LogP contribution in [-0.4, -0.2) is 52.9 Å². The summed E-state index contributed by atoms with van der Waals surface area (Å²) in [5.74, 6) is 0.0473. The summed E-state index contributed by atoms with van der Waals surface area (Å²) in [5.41, 5.74) is 6.82. The lowest BCUT2D eigenvalue weighted by atomic mass is 9.70. The van der Waals surface area contributed by atoms with Crippen molar-refractivity contribution >= 4 is 22.4 Å². The molecule has 2 aliphatic heterocycles. The number of nitriles is 1. The van der Waals surface area contributed by atoms with Crippen LogP contribution in [0.5, 0.6) is 0 Å². The van der Waals surface area contributed by atoms with Crippen molar-refractivity contribution in [1.82, 2.24) is 4.98 Å². The Kier molecular flexibility index (Phi) is 5.45. The summed E-state index contributed by atoms with van der Waals surface area (Å²) in [5, 5.41) is 21.3. The Labute approximate surface area is 217 Å². The zero-order valence-corrected chi connectivity index (χ0v) is 21.7. The number of aromatic nitrogens is 1. The number of aryl methyl sites for hydroxylation is 1. The highest BCUT2D eigenvalue weighted by Crippen LogP contribution is 2.46. The minimum Gasteiger partial charge on any atom is -0.490 e. The van der Waals surface area contributed by atoms with Crippen molar-refractivity contribution in [3.8, 4) is 6.07 Å². The number of piperidine rings is 1. The SMILES string of the molecule is CCc1cc2c(cc1N1CCC([N+]3(O)C=COCC3)CC1)C(C)(C)c1[nH]c3cc(C#N)ccc3c1C2=O. The molecule has 1 saturated heterocycles. The van der Waals surface area contributed by atoms with Crippen LogP contribution in [0.3, 0.4) is 0 Å². The Morgan fingerprint density at radius 3 is 2.70 bits per heavy atom. The summed E-state index contributed by atoms with van der Waals surface area (Å²) >= 11 is 0. The van der Waals surface area contributed by atoms with Gasteiger partial charge in [-0.2, -0.15) is 5.26 Å². The topological polar surface area (TPSA) is 89.3 Å². The van der Waals surface area contributed by atoms with Gasteiger partial charge in [0, 0.05) is 59.2 Å². The van der Waals surface area contributed by atoms with Gasteiger partial charge in [-0.05, 0) is 41.8 Å². The number of hydrogen-bond donors (Lipinski definition) is 2. The highest BCUT2D eigenvalue weighted by molar-refractivity contribution is 6.20. The second-order valence-electron chi connectivity index (χ2n) is 11.1. The number of rotatable bonds is 3. The maximum absolute atomic E-state index is 13.9. The number of quaternary nitrogens is 1. The standard InChI is InChI=1S/C30H32N4O3/c1-4-20-16-23-24(17-26(20)33-9-7-21(8-10-33)34(36)11-13-37-14-12-34)30(2,3)29-27(28(23)35)22-6-5-19(18-31)15-25(22)32-29/h5-6,11,13,15-17,21,36H,4,7-10,12,14H2,1-3H3/p+1. The molecule has 3 aromatic rings. The smallest absolute Gasteiger partial charge is 0.195 e. The van der Waals surface area contributed by atoms with E-state index in [0.29, 0.717) is 18.7 Å². The first-order chi connectivity index (χ1) is 17.8. The molecule has 0 radical (unpaired) electrons. The summed E-state index contributed by atoms with van der Waals surface area (Å²) < 4.78 is 5.26. The van der Waals surface area contributed by atoms with Gasteiger partial charge in [0.05, 0.1) is 17.2 Å². The number of hydrogen-bond acceptors (Lipinski definition) is 5. The molecule has 1 unspecified atom stereocenters. The monoisotopic (exact) mass is 497 g/mol. The highest BCUT2D eigenvalue weighted by Gasteiger charge is 2.42. The number of benzene rings is 2. The van der Waals surface area contributed by atoms with Gasteiger partial charge in [0.25, 0.3) is 0 Å². The molecule has 1 atom stereocenters. The van der Waals surface area contributed by atoms with Crippen molar-refractivity contribution in [2.24, 2.45) is 0 Å². The zero-order valence-electron chi connectivity index (χ0n) is 21.7. The number of nitrogens with zero attached hydrogens (tertiary/aromatic N) is 3. The number of nitrogens with one attached hydrogen (secondary N) is 1. The van der Waals surface area contributed by atoms with Gasteiger partial charge < -0.3 is 14.6 Å². The molecule has 6 rings (SSSR count). The van der Waals surface area contributed by atoms with Gasteiger partial charge in [-0.3, -0.25) is 4.79 Å². The molecule has 1 aliphatic carbocycles. The third-order valence-electron chi connectivity index (χ3n) is 8.72. The molecule has 0 spiro atoms. The predicted molar refractivity (Wildman–Crippen MR) is 142 cm³/mol. The predicted octanol–water partition coefficient (Wildman–Crippen LogP) is 5.15. The second kappa shape index (κ2) is 8.47. The summed E-state index contributed by atoms with van der Waals surface area (Å²) in [6, 6.07) is 12.2. The van der Waals surface area contributed by atoms with E-state index in [1.165, 1.54) is 11.3 Å². The maximum atomic E-state index is 13.9. The molecule has 1 aromatic heterocycles. The van der Waals surface area contributed by atoms with E-state index >= 15 is 0 Å². The largest absolute Gasteiger partial charge is 0.490 e. The number of anilines is 1. The van der Waals surface area contributed by atoms with E-state index in [-0.39, 0.29) is 16.5 Å². The van der Waals surface area contributed by atoms with E-state index in [0.717, 1.165) is 65.6 Å². The third-order valence-corrected chi connectivity index (χ3v) is 8.72. The Morgan fingerprint density at radius 1 is 1.24 bits per heavy atom. The van der Waals surface area contributed by atoms with Gasteiger partial charge in [0.15, 0.2) is 12.0 Å². The van der Waals surface area contributed by atoms with Crippen molar-refractivity contribution in [1.29, 1.82) is 5.26 Å².